The number of aromatic nitrogens is 4. The molecule has 0 radical (unpaired) electrons. The van der Waals surface area contributed by atoms with Gasteiger partial charge in [-0.1, -0.05) is 11.2 Å². The van der Waals surface area contributed by atoms with Crippen LogP contribution in [0.4, 0.5) is 0 Å². The molecule has 0 fully saturated rings. The van der Waals surface area contributed by atoms with Crippen LogP contribution in [0.2, 0.25) is 0 Å². The van der Waals surface area contributed by atoms with Crippen molar-refractivity contribution in [3.63, 3.8) is 0 Å². The second-order valence-electron chi connectivity index (χ2n) is 6.92. The molecule has 1 atom stereocenters. The normalized spacial score (nSPS) is 15.8. The quantitative estimate of drug-likeness (QED) is 0.567. The Morgan fingerprint density at radius 2 is 2.21 bits per heavy atom. The zero-order valence-electron chi connectivity index (χ0n) is 15.5. The zero-order valence-corrected chi connectivity index (χ0v) is 15.5. The van der Waals surface area contributed by atoms with Gasteiger partial charge in [-0.3, -0.25) is 9.55 Å². The number of ether oxygens (including phenoxy) is 1. The van der Waals surface area contributed by atoms with Gasteiger partial charge < -0.3 is 20.0 Å². The minimum atomic E-state index is -0.319. The summed E-state index contributed by atoms with van der Waals surface area (Å²) >= 11 is 0. The Labute approximate surface area is 159 Å². The maximum absolute atomic E-state index is 12.9. The molecule has 0 amide bonds. The van der Waals surface area contributed by atoms with Crippen LogP contribution in [0.5, 0.6) is 5.75 Å². The van der Waals surface area contributed by atoms with Crippen LogP contribution in [0.3, 0.4) is 0 Å². The summed E-state index contributed by atoms with van der Waals surface area (Å²) < 4.78 is 13.3. The minimum Gasteiger partial charge on any atom is -0.488 e. The van der Waals surface area contributed by atoms with Crippen molar-refractivity contribution in [2.24, 2.45) is 5.73 Å². The first-order valence-corrected chi connectivity index (χ1v) is 9.07. The summed E-state index contributed by atoms with van der Waals surface area (Å²) in [7, 11) is 0. The van der Waals surface area contributed by atoms with Crippen LogP contribution < -0.4 is 16.2 Å². The van der Waals surface area contributed by atoms with Crippen LogP contribution in [0.15, 0.2) is 39.8 Å². The number of pyridine rings is 1. The molecule has 0 aliphatic carbocycles. The van der Waals surface area contributed by atoms with Crippen LogP contribution in [-0.4, -0.2) is 26.3 Å². The molecule has 8 nitrogen and oxygen atoms in total. The molecule has 1 aromatic carbocycles. The van der Waals surface area contributed by atoms with Crippen LogP contribution in [0.25, 0.3) is 22.2 Å². The lowest BCUT2D eigenvalue weighted by Gasteiger charge is -2.26. The SMILES string of the molecule is Cc1noc(C)c1-c1cc(CN)c2[nH]c(=O)n3c2c1OCC3c1ccccn1. The summed E-state index contributed by atoms with van der Waals surface area (Å²) in [5.74, 6) is 1.32. The molecule has 0 bridgehead atoms. The van der Waals surface area contributed by atoms with Gasteiger partial charge in [-0.25, -0.2) is 4.79 Å². The van der Waals surface area contributed by atoms with E-state index >= 15 is 0 Å². The molecule has 3 aromatic heterocycles. The molecule has 0 saturated heterocycles. The number of imidazole rings is 1. The van der Waals surface area contributed by atoms with Crippen molar-refractivity contribution < 1.29 is 9.26 Å². The molecule has 1 unspecified atom stereocenters. The van der Waals surface area contributed by atoms with E-state index in [4.69, 9.17) is 15.0 Å². The van der Waals surface area contributed by atoms with Crippen molar-refractivity contribution in [3.8, 4) is 16.9 Å². The maximum atomic E-state index is 12.9. The predicted octanol–water partition coefficient (Wildman–Crippen LogP) is 2.44. The van der Waals surface area contributed by atoms with E-state index in [9.17, 15) is 4.79 Å². The van der Waals surface area contributed by atoms with Gasteiger partial charge in [0.15, 0.2) is 5.75 Å². The van der Waals surface area contributed by atoms with Gasteiger partial charge in [-0.2, -0.15) is 0 Å². The molecule has 1 aliphatic rings. The average molecular weight is 377 g/mol. The van der Waals surface area contributed by atoms with Gasteiger partial charge in [0.05, 0.1) is 22.5 Å². The summed E-state index contributed by atoms with van der Waals surface area (Å²) in [6.07, 6.45) is 1.71. The third-order valence-electron chi connectivity index (χ3n) is 5.28. The van der Waals surface area contributed by atoms with Crippen LogP contribution in [-0.2, 0) is 6.54 Å². The van der Waals surface area contributed by atoms with Gasteiger partial charge in [-0.15, -0.1) is 0 Å². The molecule has 28 heavy (non-hydrogen) atoms. The molecule has 5 rings (SSSR count). The highest BCUT2D eigenvalue weighted by Gasteiger charge is 2.32. The van der Waals surface area contributed by atoms with Crippen LogP contribution >= 0.6 is 0 Å². The Bertz CT molecular complexity index is 1230. The van der Waals surface area contributed by atoms with Crippen LogP contribution in [0, 0.1) is 13.8 Å². The Hall–Kier alpha value is -3.39. The fourth-order valence-corrected chi connectivity index (χ4v) is 4.03. The third-order valence-corrected chi connectivity index (χ3v) is 5.28. The van der Waals surface area contributed by atoms with Gasteiger partial charge in [0.1, 0.15) is 23.9 Å². The van der Waals surface area contributed by atoms with Gasteiger partial charge >= 0.3 is 5.69 Å². The van der Waals surface area contributed by atoms with Crippen molar-refractivity contribution in [1.82, 2.24) is 19.7 Å². The monoisotopic (exact) mass is 377 g/mol. The lowest BCUT2D eigenvalue weighted by molar-refractivity contribution is 0.255. The van der Waals surface area contributed by atoms with Gasteiger partial charge in [0.2, 0.25) is 0 Å². The van der Waals surface area contributed by atoms with E-state index in [-0.39, 0.29) is 18.3 Å². The Kier molecular flexibility index (Phi) is 3.63. The number of benzene rings is 1. The highest BCUT2D eigenvalue weighted by molar-refractivity contribution is 5.94. The smallest absolute Gasteiger partial charge is 0.327 e. The van der Waals surface area contributed by atoms with E-state index < -0.39 is 0 Å². The van der Waals surface area contributed by atoms with E-state index in [1.807, 2.05) is 38.1 Å². The fraction of sp³-hybridized carbons (Fsp3) is 0.250. The first-order chi connectivity index (χ1) is 13.6. The summed E-state index contributed by atoms with van der Waals surface area (Å²) in [5.41, 5.74) is 11.2. The average Bonchev–Trinajstić information content (AvgIpc) is 3.24. The number of H-pyrrole nitrogens is 1. The summed E-state index contributed by atoms with van der Waals surface area (Å²) in [4.78, 5) is 20.3. The molecule has 142 valence electrons. The van der Waals surface area contributed by atoms with E-state index in [0.29, 0.717) is 29.2 Å². The van der Waals surface area contributed by atoms with Crippen LogP contribution in [0.1, 0.15) is 28.8 Å². The van der Waals surface area contributed by atoms with E-state index in [2.05, 4.69) is 15.1 Å². The number of rotatable bonds is 3. The Morgan fingerprint density at radius 3 is 2.89 bits per heavy atom. The second kappa shape index (κ2) is 6.07. The second-order valence-corrected chi connectivity index (χ2v) is 6.92. The molecule has 1 aliphatic heterocycles. The standard InChI is InChI=1S/C20H19N5O3/c1-10-16(11(2)28-24-10)13-7-12(8-21)17-18-19(13)27-9-15(25(18)20(26)23-17)14-5-3-4-6-22-14/h3-7,15H,8-9,21H2,1-2H3,(H,23,26). The fourth-order valence-electron chi connectivity index (χ4n) is 4.03. The minimum absolute atomic E-state index is 0.208. The van der Waals surface area contributed by atoms with Crippen molar-refractivity contribution >= 4 is 11.0 Å². The lowest BCUT2D eigenvalue weighted by atomic mass is 9.97. The van der Waals surface area contributed by atoms with Gasteiger partial charge in [0.25, 0.3) is 0 Å². The highest BCUT2D eigenvalue weighted by atomic mass is 16.5. The summed E-state index contributed by atoms with van der Waals surface area (Å²) in [5, 5.41) is 4.06. The Balaban J connectivity index is 1.86. The number of nitrogens with two attached hydrogens (primary N) is 1. The number of aryl methyl sites for hydroxylation is 2. The van der Waals surface area contributed by atoms with Crippen molar-refractivity contribution in [2.45, 2.75) is 26.4 Å². The number of nitrogens with zero attached hydrogens (tertiary/aromatic N) is 3. The number of aromatic amines is 1. The zero-order chi connectivity index (χ0) is 19.4. The van der Waals surface area contributed by atoms with E-state index in [1.165, 1.54) is 0 Å². The molecule has 0 saturated carbocycles. The molecule has 4 aromatic rings. The molecular formula is C20H19N5O3. The Morgan fingerprint density at radius 1 is 1.36 bits per heavy atom. The summed E-state index contributed by atoms with van der Waals surface area (Å²) in [6.45, 7) is 4.32. The largest absolute Gasteiger partial charge is 0.488 e. The molecule has 3 N–H and O–H groups in total. The lowest BCUT2D eigenvalue weighted by Crippen LogP contribution is -2.31. The van der Waals surface area contributed by atoms with Crippen molar-refractivity contribution in [3.05, 3.63) is 63.7 Å². The molecule has 4 heterocycles. The van der Waals surface area contributed by atoms with Crippen molar-refractivity contribution in [1.29, 1.82) is 0 Å². The molecule has 0 spiro atoms. The summed E-state index contributed by atoms with van der Waals surface area (Å²) in [6, 6.07) is 7.27. The van der Waals surface area contributed by atoms with Gasteiger partial charge in [-0.05, 0) is 37.6 Å². The predicted molar refractivity (Wildman–Crippen MR) is 103 cm³/mol. The van der Waals surface area contributed by atoms with E-state index in [1.54, 1.807) is 10.8 Å². The number of nitrogens with one attached hydrogen (secondary N) is 1. The van der Waals surface area contributed by atoms with E-state index in [0.717, 1.165) is 28.1 Å². The first kappa shape index (κ1) is 16.8. The first-order valence-electron chi connectivity index (χ1n) is 9.07. The third kappa shape index (κ3) is 2.24. The van der Waals surface area contributed by atoms with Gasteiger partial charge in [0, 0.05) is 18.3 Å². The highest BCUT2D eigenvalue weighted by Crippen LogP contribution is 2.44. The number of hydrogen-bond acceptors (Lipinski definition) is 6. The molecule has 8 heteroatoms. The maximum Gasteiger partial charge on any atom is 0.327 e. The molecular weight excluding hydrogens is 358 g/mol. The van der Waals surface area contributed by atoms with Crippen molar-refractivity contribution in [2.75, 3.05) is 6.61 Å². The number of hydrogen-bond donors (Lipinski definition) is 2. The topological polar surface area (TPSA) is 112 Å².